The van der Waals surface area contributed by atoms with Crippen LogP contribution in [0.25, 0.3) is 0 Å². The fraction of sp³-hybridized carbons (Fsp3) is 0.800. The van der Waals surface area contributed by atoms with E-state index < -0.39 is 12.0 Å². The van der Waals surface area contributed by atoms with E-state index in [1.807, 2.05) is 6.92 Å². The van der Waals surface area contributed by atoms with Gasteiger partial charge in [0.15, 0.2) is 0 Å². The van der Waals surface area contributed by atoms with Gasteiger partial charge in [0, 0.05) is 13.0 Å². The molecule has 0 aliphatic carbocycles. The van der Waals surface area contributed by atoms with Crippen molar-refractivity contribution in [3.63, 3.8) is 0 Å². The first-order valence-electron chi connectivity index (χ1n) is 5.25. The number of carboxylic acid groups (broad SMARTS) is 1. The van der Waals surface area contributed by atoms with Gasteiger partial charge in [-0.1, -0.05) is 0 Å². The van der Waals surface area contributed by atoms with E-state index in [4.69, 9.17) is 14.6 Å². The highest BCUT2D eigenvalue weighted by molar-refractivity contribution is 5.83. The molecule has 0 fully saturated rings. The van der Waals surface area contributed by atoms with Gasteiger partial charge >= 0.3 is 5.97 Å². The van der Waals surface area contributed by atoms with Gasteiger partial charge in [0.2, 0.25) is 5.91 Å². The van der Waals surface area contributed by atoms with Gasteiger partial charge in [0.05, 0.1) is 19.8 Å². The second kappa shape index (κ2) is 9.11. The molecule has 6 heteroatoms. The molecule has 1 amide bonds. The monoisotopic (exact) mass is 233 g/mol. The highest BCUT2D eigenvalue weighted by Crippen LogP contribution is 1.87. The number of amides is 1. The van der Waals surface area contributed by atoms with Crippen LogP contribution in [0.2, 0.25) is 0 Å². The lowest BCUT2D eigenvalue weighted by atomic mass is 10.3. The Bertz CT molecular complexity index is 219. The second-order valence-corrected chi connectivity index (χ2v) is 3.19. The maximum atomic E-state index is 11.2. The maximum Gasteiger partial charge on any atom is 0.325 e. The van der Waals surface area contributed by atoms with Crippen LogP contribution in [0.5, 0.6) is 0 Å². The number of carboxylic acids is 1. The van der Waals surface area contributed by atoms with Crippen molar-refractivity contribution in [1.82, 2.24) is 5.32 Å². The van der Waals surface area contributed by atoms with Gasteiger partial charge < -0.3 is 19.9 Å². The zero-order valence-corrected chi connectivity index (χ0v) is 9.69. The lowest BCUT2D eigenvalue weighted by Crippen LogP contribution is -2.38. The summed E-state index contributed by atoms with van der Waals surface area (Å²) in [4.78, 5) is 21.6. The molecular formula is C10H19NO5. The molecule has 0 aromatic rings. The molecule has 6 nitrogen and oxygen atoms in total. The molecule has 0 unspecified atom stereocenters. The Morgan fingerprint density at radius 1 is 1.25 bits per heavy atom. The van der Waals surface area contributed by atoms with Gasteiger partial charge in [0.1, 0.15) is 6.04 Å². The van der Waals surface area contributed by atoms with Crippen LogP contribution in [0.3, 0.4) is 0 Å². The summed E-state index contributed by atoms with van der Waals surface area (Å²) in [6, 6.07) is -0.865. The molecule has 0 spiro atoms. The number of carbonyl (C=O) groups is 2. The fourth-order valence-corrected chi connectivity index (χ4v) is 0.905. The summed E-state index contributed by atoms with van der Waals surface area (Å²) in [6.07, 6.45) is 0.156. The number of nitrogens with one attached hydrogen (secondary N) is 1. The third-order valence-corrected chi connectivity index (χ3v) is 1.80. The predicted molar refractivity (Wildman–Crippen MR) is 57.2 cm³/mol. The first kappa shape index (κ1) is 14.9. The third kappa shape index (κ3) is 8.19. The molecule has 1 atom stereocenters. The highest BCUT2D eigenvalue weighted by atomic mass is 16.5. The minimum Gasteiger partial charge on any atom is -0.480 e. The molecular weight excluding hydrogens is 214 g/mol. The number of rotatable bonds is 9. The molecule has 16 heavy (non-hydrogen) atoms. The van der Waals surface area contributed by atoms with E-state index in [-0.39, 0.29) is 18.9 Å². The average Bonchev–Trinajstić information content (AvgIpc) is 2.23. The van der Waals surface area contributed by atoms with Gasteiger partial charge in [-0.2, -0.15) is 0 Å². The normalized spacial score (nSPS) is 12.1. The van der Waals surface area contributed by atoms with E-state index in [1.165, 1.54) is 6.92 Å². The molecule has 0 heterocycles. The average molecular weight is 233 g/mol. The summed E-state index contributed by atoms with van der Waals surface area (Å²) in [7, 11) is 0. The van der Waals surface area contributed by atoms with Crippen LogP contribution in [0.4, 0.5) is 0 Å². The van der Waals surface area contributed by atoms with Gasteiger partial charge in [-0.05, 0) is 13.8 Å². The van der Waals surface area contributed by atoms with Crippen LogP contribution >= 0.6 is 0 Å². The van der Waals surface area contributed by atoms with Crippen LogP contribution < -0.4 is 5.32 Å². The minimum absolute atomic E-state index is 0.156. The number of hydrogen-bond donors (Lipinski definition) is 2. The van der Waals surface area contributed by atoms with Crippen molar-refractivity contribution >= 4 is 11.9 Å². The summed E-state index contributed by atoms with van der Waals surface area (Å²) < 4.78 is 10.1. The van der Waals surface area contributed by atoms with Crippen LogP contribution in [-0.4, -0.2) is 49.5 Å². The van der Waals surface area contributed by atoms with Crippen molar-refractivity contribution in [1.29, 1.82) is 0 Å². The molecule has 0 radical (unpaired) electrons. The standard InChI is InChI=1S/C10H19NO5/c1-3-15-6-7-16-5-4-9(12)11-8(2)10(13)14/h8H,3-7H2,1-2H3,(H,11,12)(H,13,14)/t8-/m0/s1. The van der Waals surface area contributed by atoms with Crippen molar-refractivity contribution in [2.75, 3.05) is 26.4 Å². The highest BCUT2D eigenvalue weighted by Gasteiger charge is 2.13. The van der Waals surface area contributed by atoms with E-state index in [0.29, 0.717) is 19.8 Å². The molecule has 0 saturated heterocycles. The van der Waals surface area contributed by atoms with E-state index in [2.05, 4.69) is 5.32 Å². The molecule has 0 aliphatic rings. The molecule has 0 aliphatic heterocycles. The van der Waals surface area contributed by atoms with Crippen molar-refractivity contribution in [2.24, 2.45) is 0 Å². The lowest BCUT2D eigenvalue weighted by molar-refractivity contribution is -0.141. The Balaban J connectivity index is 3.40. The molecule has 0 bridgehead atoms. The zero-order valence-electron chi connectivity index (χ0n) is 9.69. The Kier molecular flexibility index (Phi) is 8.46. The Hall–Kier alpha value is -1.14. The smallest absolute Gasteiger partial charge is 0.325 e. The van der Waals surface area contributed by atoms with Gasteiger partial charge in [0.25, 0.3) is 0 Å². The number of ether oxygens (including phenoxy) is 2. The first-order chi connectivity index (χ1) is 7.57. The van der Waals surface area contributed by atoms with Crippen LogP contribution in [0.15, 0.2) is 0 Å². The van der Waals surface area contributed by atoms with Gasteiger partial charge in [-0.3, -0.25) is 9.59 Å². The SMILES string of the molecule is CCOCCOCCC(=O)N[C@@H](C)C(=O)O. The van der Waals surface area contributed by atoms with Crippen molar-refractivity contribution in [2.45, 2.75) is 26.3 Å². The quantitative estimate of drug-likeness (QED) is 0.548. The molecule has 94 valence electrons. The van der Waals surface area contributed by atoms with E-state index in [9.17, 15) is 9.59 Å². The summed E-state index contributed by atoms with van der Waals surface area (Å²) in [5.41, 5.74) is 0. The van der Waals surface area contributed by atoms with Gasteiger partial charge in [-0.15, -0.1) is 0 Å². The number of hydrogen-bond acceptors (Lipinski definition) is 4. The van der Waals surface area contributed by atoms with Gasteiger partial charge in [-0.25, -0.2) is 0 Å². The number of carbonyl (C=O) groups excluding carboxylic acids is 1. The summed E-state index contributed by atoms with van der Waals surface area (Å²) in [5, 5.41) is 10.9. The van der Waals surface area contributed by atoms with Crippen molar-refractivity contribution < 1.29 is 24.2 Å². The fourth-order valence-electron chi connectivity index (χ4n) is 0.905. The van der Waals surface area contributed by atoms with Crippen molar-refractivity contribution in [3.8, 4) is 0 Å². The topological polar surface area (TPSA) is 84.9 Å². The van der Waals surface area contributed by atoms with Crippen LogP contribution in [0.1, 0.15) is 20.3 Å². The Labute approximate surface area is 94.9 Å². The van der Waals surface area contributed by atoms with Crippen LogP contribution in [-0.2, 0) is 19.1 Å². The molecule has 0 aromatic carbocycles. The Morgan fingerprint density at radius 3 is 2.44 bits per heavy atom. The van der Waals surface area contributed by atoms with Crippen LogP contribution in [0, 0.1) is 0 Å². The van der Waals surface area contributed by atoms with E-state index in [1.54, 1.807) is 0 Å². The third-order valence-electron chi connectivity index (χ3n) is 1.80. The number of aliphatic carboxylic acids is 1. The molecule has 0 rings (SSSR count). The molecule has 2 N–H and O–H groups in total. The molecule has 0 aromatic heterocycles. The van der Waals surface area contributed by atoms with E-state index in [0.717, 1.165) is 0 Å². The largest absolute Gasteiger partial charge is 0.480 e. The Morgan fingerprint density at radius 2 is 1.88 bits per heavy atom. The van der Waals surface area contributed by atoms with E-state index >= 15 is 0 Å². The second-order valence-electron chi connectivity index (χ2n) is 3.19. The van der Waals surface area contributed by atoms with Crippen molar-refractivity contribution in [3.05, 3.63) is 0 Å². The summed E-state index contributed by atoms with van der Waals surface area (Å²) in [5.74, 6) is -1.38. The predicted octanol–water partition coefficient (Wildman–Crippen LogP) is 0.0189. The zero-order chi connectivity index (χ0) is 12.4. The first-order valence-corrected chi connectivity index (χ1v) is 5.25. The lowest BCUT2D eigenvalue weighted by Gasteiger charge is -2.09. The minimum atomic E-state index is -1.05. The summed E-state index contributed by atoms with van der Waals surface area (Å²) in [6.45, 7) is 5.15. The summed E-state index contributed by atoms with van der Waals surface area (Å²) >= 11 is 0. The molecule has 0 saturated carbocycles. The maximum absolute atomic E-state index is 11.2.